The molecular formula is Bi12O20Ti. The van der Waals surface area contributed by atoms with Gasteiger partial charge in [-0.2, -0.15) is 0 Å². The Bertz CT molecular complexity index is 37.0. The molecule has 0 unspecified atom stereocenters. The van der Waals surface area contributed by atoms with Gasteiger partial charge in [0.25, 0.3) is 0 Å². The summed E-state index contributed by atoms with van der Waals surface area (Å²) in [6.07, 6.45) is 0. The SMILES string of the molecule is [Bi+3].[Bi+3].[Bi+3].[Bi+3].[Bi+3].[Bi+3].[Bi+3].[Bi+3].[Bi+3].[Bi+3].[Bi+3].[Bi+3].[O-2].[O-2].[O-2].[O-2].[O-2].[O-2].[O-2].[O-2].[O-2].[O-2].[O-2].[O-2].[O-2].[O-2].[O-2].[O-2].[O-2].[O-2].[O-2].[O-2].[Ti+4]. The standard InChI is InChI=1S/12Bi.20O.Ti/q12*+3;20*-2;+4. The van der Waals surface area contributed by atoms with Gasteiger partial charge in [-0.05, 0) is 0 Å². The normalized spacial score (nSPS) is 0. The Hall–Kier alpha value is 10.5. The van der Waals surface area contributed by atoms with Crippen LogP contribution in [0.1, 0.15) is 0 Å². The second kappa shape index (κ2) is 663. The molecule has 0 saturated heterocycles. The van der Waals surface area contributed by atoms with Gasteiger partial charge in [0.1, 0.15) is 0 Å². The number of hydrogen-bond acceptors (Lipinski definition) is 0. The quantitative estimate of drug-likeness (QED) is 0.204. The van der Waals surface area contributed by atoms with Gasteiger partial charge in [0.2, 0.25) is 0 Å². The third kappa shape index (κ3) is 631. The van der Waals surface area contributed by atoms with E-state index < -0.39 is 0 Å². The van der Waals surface area contributed by atoms with E-state index in [9.17, 15) is 0 Å². The predicted molar refractivity (Wildman–Crippen MR) is 82.8 cm³/mol. The van der Waals surface area contributed by atoms with Crippen LogP contribution < -0.4 is 0 Å². The Kier molecular flexibility index (Phi) is 14300. The molecule has 0 aromatic heterocycles. The fourth-order valence-corrected chi connectivity index (χ4v) is 0. The van der Waals surface area contributed by atoms with Gasteiger partial charge in [0, 0.05) is 0 Å². The third-order valence-corrected chi connectivity index (χ3v) is 0. The van der Waals surface area contributed by atoms with Gasteiger partial charge < -0.3 is 110 Å². The molecule has 20 nitrogen and oxygen atoms in total. The molecule has 184 valence electrons. The van der Waals surface area contributed by atoms with E-state index in [-0.39, 0.29) is 446 Å². The van der Waals surface area contributed by atoms with Crippen molar-refractivity contribution in [1.82, 2.24) is 0 Å². The largest absolute Gasteiger partial charge is 4.00 e. The smallest absolute Gasteiger partial charge is 2.00 e. The van der Waals surface area contributed by atoms with Crippen molar-refractivity contribution < 1.29 is 131 Å². The molecule has 0 saturated carbocycles. The van der Waals surface area contributed by atoms with E-state index in [4.69, 9.17) is 0 Å². The summed E-state index contributed by atoms with van der Waals surface area (Å²) in [4.78, 5) is 0. The van der Waals surface area contributed by atoms with Crippen molar-refractivity contribution in [3.63, 3.8) is 0 Å². The van der Waals surface area contributed by atoms with Gasteiger partial charge in [0.15, 0.2) is 0 Å². The molecule has 0 aromatic rings. The Labute approximate surface area is 435 Å². The Morgan fingerprint density at radius 1 is 0.0909 bits per heavy atom. The molecule has 0 rings (SSSR count). The maximum absolute atomic E-state index is 0. The van der Waals surface area contributed by atoms with Crippen LogP contribution in [-0.4, -0.2) is 314 Å². The first-order chi connectivity index (χ1) is 0. The fourth-order valence-electron chi connectivity index (χ4n) is 0. The minimum Gasteiger partial charge on any atom is -2.00 e. The van der Waals surface area contributed by atoms with Crippen LogP contribution in [0.5, 0.6) is 0 Å². The van der Waals surface area contributed by atoms with Crippen molar-refractivity contribution in [3.05, 3.63) is 0 Å². The number of rotatable bonds is 0. The van der Waals surface area contributed by atoms with E-state index >= 15 is 0 Å². The Balaban J connectivity index is 0. The van der Waals surface area contributed by atoms with Crippen LogP contribution in [0.3, 0.4) is 0 Å². The van der Waals surface area contributed by atoms with E-state index in [0.29, 0.717) is 0 Å². The summed E-state index contributed by atoms with van der Waals surface area (Å²) in [6.45, 7) is 0. The average Bonchev–Trinajstić information content (AvgIpc) is 0. The molecule has 0 aliphatic rings. The van der Waals surface area contributed by atoms with Crippen LogP contribution >= 0.6 is 0 Å². The van der Waals surface area contributed by atoms with E-state index in [1.165, 1.54) is 0 Å². The van der Waals surface area contributed by atoms with Gasteiger partial charge in [0.05, 0.1) is 0 Å². The first-order valence-electron chi connectivity index (χ1n) is 0. The van der Waals surface area contributed by atoms with E-state index in [2.05, 4.69) is 0 Å². The van der Waals surface area contributed by atoms with Crippen molar-refractivity contribution >= 4 is 314 Å². The molecule has 0 N–H and O–H groups in total. The molecule has 0 aliphatic heterocycles. The predicted octanol–water partition coefficient (Wildman–Crippen LogP) is -6.95. The molecular weight excluding hydrogens is 2880 g/mol. The van der Waals surface area contributed by atoms with Crippen LogP contribution in [0.25, 0.3) is 0 Å². The van der Waals surface area contributed by atoms with E-state index in [0.717, 1.165) is 0 Å². The molecule has 33 heteroatoms. The molecule has 0 fully saturated rings. The van der Waals surface area contributed by atoms with Gasteiger partial charge in [-0.15, -0.1) is 0 Å². The van der Waals surface area contributed by atoms with Gasteiger partial charge >= 0.3 is 336 Å². The fraction of sp³-hybridized carbons (Fsp3) is 0. The second-order valence-corrected chi connectivity index (χ2v) is 0. The summed E-state index contributed by atoms with van der Waals surface area (Å²) < 4.78 is 0. The van der Waals surface area contributed by atoms with E-state index in [1.807, 2.05) is 0 Å². The maximum atomic E-state index is 0. The molecule has 0 aromatic carbocycles. The molecule has 0 aliphatic carbocycles. The number of hydrogen-bond donors (Lipinski definition) is 0. The molecule has 0 amide bonds. The maximum Gasteiger partial charge on any atom is 4.00 e. The summed E-state index contributed by atoms with van der Waals surface area (Å²) in [5.41, 5.74) is 0. The minimum absolute atomic E-state index is 0. The van der Waals surface area contributed by atoms with Crippen LogP contribution in [0, 0.1) is 0 Å². The molecule has 0 spiro atoms. The second-order valence-electron chi connectivity index (χ2n) is 0. The minimum atomic E-state index is 0. The molecule has 24 radical (unpaired) electrons. The van der Waals surface area contributed by atoms with Crippen molar-refractivity contribution in [1.29, 1.82) is 0 Å². The summed E-state index contributed by atoms with van der Waals surface area (Å²) in [5.74, 6) is 0. The molecule has 0 bridgehead atoms. The van der Waals surface area contributed by atoms with Crippen molar-refractivity contribution in [2.45, 2.75) is 0 Å². The van der Waals surface area contributed by atoms with Crippen LogP contribution in [0.15, 0.2) is 0 Å². The summed E-state index contributed by atoms with van der Waals surface area (Å²) in [7, 11) is 0. The summed E-state index contributed by atoms with van der Waals surface area (Å²) >= 11 is 0. The van der Waals surface area contributed by atoms with Gasteiger partial charge in [-0.3, -0.25) is 0 Å². The van der Waals surface area contributed by atoms with Crippen LogP contribution in [0.2, 0.25) is 0 Å². The zero-order valence-corrected chi connectivity index (χ0v) is 57.3. The van der Waals surface area contributed by atoms with Crippen LogP contribution in [-0.2, 0) is 131 Å². The van der Waals surface area contributed by atoms with E-state index in [1.54, 1.807) is 0 Å². The third-order valence-electron chi connectivity index (χ3n) is 0. The van der Waals surface area contributed by atoms with Crippen molar-refractivity contribution in [2.75, 3.05) is 0 Å². The van der Waals surface area contributed by atoms with Crippen molar-refractivity contribution in [3.8, 4) is 0 Å². The van der Waals surface area contributed by atoms with Gasteiger partial charge in [-0.25, -0.2) is 0 Å². The molecule has 0 heterocycles. The molecule has 33 heavy (non-hydrogen) atoms. The zero-order valence-electron chi connectivity index (χ0n) is 14.0. The first kappa shape index (κ1) is 712. The first-order valence-corrected chi connectivity index (χ1v) is 0. The Morgan fingerprint density at radius 2 is 0.0909 bits per heavy atom. The average molecular weight is 2880 g/mol. The summed E-state index contributed by atoms with van der Waals surface area (Å²) in [6, 6.07) is 0. The summed E-state index contributed by atoms with van der Waals surface area (Å²) in [5, 5.41) is 0. The van der Waals surface area contributed by atoms with Crippen LogP contribution in [0.4, 0.5) is 0 Å². The van der Waals surface area contributed by atoms with Crippen molar-refractivity contribution in [2.24, 2.45) is 0 Å². The topological polar surface area (TPSA) is 570 Å². The molecule has 0 atom stereocenters. The van der Waals surface area contributed by atoms with Gasteiger partial charge in [-0.1, -0.05) is 0 Å². The monoisotopic (exact) mass is 2880 g/mol. The Morgan fingerprint density at radius 3 is 0.0909 bits per heavy atom. The zero-order chi connectivity index (χ0) is 0.